The molecule has 0 saturated carbocycles. The Kier molecular flexibility index (Phi) is 3.28. The van der Waals surface area contributed by atoms with Gasteiger partial charge in [0.15, 0.2) is 4.60 Å². The molecule has 0 aliphatic carbocycles. The number of aromatic nitrogens is 4. The van der Waals surface area contributed by atoms with E-state index in [-0.39, 0.29) is 6.04 Å². The van der Waals surface area contributed by atoms with E-state index in [0.29, 0.717) is 4.60 Å². The van der Waals surface area contributed by atoms with Gasteiger partial charge in [-0.2, -0.15) is 0 Å². The minimum absolute atomic E-state index is 0.192. The Balaban J connectivity index is 2.45. The number of hydrogen-bond donors (Lipinski definition) is 2. The summed E-state index contributed by atoms with van der Waals surface area (Å²) in [6.45, 7) is 0. The van der Waals surface area contributed by atoms with Crippen LogP contribution < -0.4 is 11.3 Å². The van der Waals surface area contributed by atoms with Crippen molar-refractivity contribution in [3.8, 4) is 0 Å². The molecule has 1 atom stereocenters. The van der Waals surface area contributed by atoms with Gasteiger partial charge in [0.05, 0.1) is 11.7 Å². The van der Waals surface area contributed by atoms with Crippen molar-refractivity contribution in [2.24, 2.45) is 12.9 Å². The smallest absolute Gasteiger partial charge is 0.153 e. The molecule has 3 N–H and O–H groups in total. The molecule has 1 unspecified atom stereocenters. The van der Waals surface area contributed by atoms with Crippen molar-refractivity contribution in [3.05, 3.63) is 40.4 Å². The third-order valence-electron chi connectivity index (χ3n) is 2.28. The standard InChI is InChI=1S/C9H11BrN6/c1-16-8(9(10)14-15-16)7(13-11)6-3-2-4-12-5-6/h2-5,7,13H,11H2,1H3. The van der Waals surface area contributed by atoms with Gasteiger partial charge in [0.1, 0.15) is 0 Å². The molecule has 84 valence electrons. The number of nitrogens with zero attached hydrogens (tertiary/aromatic N) is 4. The number of pyridine rings is 1. The zero-order valence-electron chi connectivity index (χ0n) is 8.63. The van der Waals surface area contributed by atoms with Gasteiger partial charge >= 0.3 is 0 Å². The van der Waals surface area contributed by atoms with Gasteiger partial charge in [-0.3, -0.25) is 10.8 Å². The maximum Gasteiger partial charge on any atom is 0.153 e. The minimum Gasteiger partial charge on any atom is -0.271 e. The van der Waals surface area contributed by atoms with Crippen LogP contribution in [0.25, 0.3) is 0 Å². The lowest BCUT2D eigenvalue weighted by Crippen LogP contribution is -2.30. The Hall–Kier alpha value is -1.31. The van der Waals surface area contributed by atoms with E-state index >= 15 is 0 Å². The Labute approximate surface area is 101 Å². The number of nitrogens with two attached hydrogens (primary N) is 1. The fourth-order valence-corrected chi connectivity index (χ4v) is 2.08. The summed E-state index contributed by atoms with van der Waals surface area (Å²) in [4.78, 5) is 4.06. The monoisotopic (exact) mass is 282 g/mol. The molecular formula is C9H11BrN6. The van der Waals surface area contributed by atoms with Gasteiger partial charge < -0.3 is 0 Å². The highest BCUT2D eigenvalue weighted by molar-refractivity contribution is 9.10. The fourth-order valence-electron chi connectivity index (χ4n) is 1.52. The van der Waals surface area contributed by atoms with Crippen molar-refractivity contribution in [2.45, 2.75) is 6.04 Å². The van der Waals surface area contributed by atoms with E-state index in [4.69, 9.17) is 5.84 Å². The highest BCUT2D eigenvalue weighted by Gasteiger charge is 2.20. The predicted octanol–water partition coefficient (Wildman–Crippen LogP) is 0.525. The molecule has 6 nitrogen and oxygen atoms in total. The molecule has 16 heavy (non-hydrogen) atoms. The van der Waals surface area contributed by atoms with Crippen molar-refractivity contribution >= 4 is 15.9 Å². The molecule has 0 aliphatic rings. The van der Waals surface area contributed by atoms with Crippen molar-refractivity contribution in [2.75, 3.05) is 0 Å². The highest BCUT2D eigenvalue weighted by Crippen LogP contribution is 2.25. The molecule has 0 bridgehead atoms. The first kappa shape index (κ1) is 11.2. The Bertz CT molecular complexity index is 449. The topological polar surface area (TPSA) is 81.7 Å². The molecule has 0 amide bonds. The van der Waals surface area contributed by atoms with Crippen LogP contribution in [0.4, 0.5) is 0 Å². The van der Waals surface area contributed by atoms with Crippen LogP contribution in [0.15, 0.2) is 29.1 Å². The molecule has 0 radical (unpaired) electrons. The van der Waals surface area contributed by atoms with E-state index in [2.05, 4.69) is 36.7 Å². The van der Waals surface area contributed by atoms with Gasteiger partial charge in [-0.25, -0.2) is 10.1 Å². The summed E-state index contributed by atoms with van der Waals surface area (Å²) < 4.78 is 2.34. The molecule has 0 aromatic carbocycles. The summed E-state index contributed by atoms with van der Waals surface area (Å²) in [6, 6.07) is 3.61. The predicted molar refractivity (Wildman–Crippen MR) is 62.1 cm³/mol. The Morgan fingerprint density at radius 2 is 2.38 bits per heavy atom. The Morgan fingerprint density at radius 3 is 2.88 bits per heavy atom. The molecule has 0 saturated heterocycles. The maximum atomic E-state index is 5.57. The second-order valence-electron chi connectivity index (χ2n) is 3.28. The minimum atomic E-state index is -0.192. The first-order valence-electron chi connectivity index (χ1n) is 4.65. The molecule has 2 heterocycles. The summed E-state index contributed by atoms with van der Waals surface area (Å²) in [5, 5.41) is 7.84. The van der Waals surface area contributed by atoms with E-state index in [1.807, 2.05) is 19.2 Å². The summed E-state index contributed by atoms with van der Waals surface area (Å²) in [7, 11) is 1.81. The van der Waals surface area contributed by atoms with Crippen LogP contribution in [0, 0.1) is 0 Å². The van der Waals surface area contributed by atoms with Crippen molar-refractivity contribution in [1.29, 1.82) is 0 Å². The van der Waals surface area contributed by atoms with Crippen molar-refractivity contribution in [3.63, 3.8) is 0 Å². The summed E-state index contributed by atoms with van der Waals surface area (Å²) in [5.74, 6) is 5.57. The molecule has 2 rings (SSSR count). The molecule has 0 spiro atoms. The van der Waals surface area contributed by atoms with Gasteiger partial charge in [-0.15, -0.1) is 5.10 Å². The van der Waals surface area contributed by atoms with E-state index in [0.717, 1.165) is 11.3 Å². The zero-order chi connectivity index (χ0) is 11.5. The van der Waals surface area contributed by atoms with Crippen LogP contribution in [-0.2, 0) is 7.05 Å². The maximum absolute atomic E-state index is 5.57. The van der Waals surface area contributed by atoms with E-state index < -0.39 is 0 Å². The lowest BCUT2D eigenvalue weighted by Gasteiger charge is -2.15. The summed E-state index contributed by atoms with van der Waals surface area (Å²) in [6.07, 6.45) is 3.47. The van der Waals surface area contributed by atoms with Gasteiger partial charge in [0.2, 0.25) is 0 Å². The van der Waals surface area contributed by atoms with Crippen LogP contribution >= 0.6 is 15.9 Å². The van der Waals surface area contributed by atoms with Gasteiger partial charge in [-0.1, -0.05) is 11.3 Å². The second-order valence-corrected chi connectivity index (χ2v) is 4.03. The Morgan fingerprint density at radius 1 is 1.56 bits per heavy atom. The average Bonchev–Trinajstić information content (AvgIpc) is 2.63. The van der Waals surface area contributed by atoms with Crippen molar-refractivity contribution in [1.82, 2.24) is 25.4 Å². The largest absolute Gasteiger partial charge is 0.271 e. The third-order valence-corrected chi connectivity index (χ3v) is 2.85. The lowest BCUT2D eigenvalue weighted by molar-refractivity contribution is 0.568. The molecular weight excluding hydrogens is 272 g/mol. The number of halogens is 1. The van der Waals surface area contributed by atoms with Crippen LogP contribution in [0.1, 0.15) is 17.3 Å². The van der Waals surface area contributed by atoms with E-state index in [9.17, 15) is 0 Å². The number of aryl methyl sites for hydroxylation is 1. The average molecular weight is 283 g/mol. The number of nitrogens with one attached hydrogen (secondary N) is 1. The van der Waals surface area contributed by atoms with E-state index in [1.165, 1.54) is 0 Å². The number of hydrogen-bond acceptors (Lipinski definition) is 5. The lowest BCUT2D eigenvalue weighted by atomic mass is 10.1. The summed E-state index contributed by atoms with van der Waals surface area (Å²) >= 11 is 3.35. The first-order valence-corrected chi connectivity index (χ1v) is 5.44. The van der Waals surface area contributed by atoms with Crippen LogP contribution in [-0.4, -0.2) is 20.0 Å². The molecule has 0 aliphatic heterocycles. The summed E-state index contributed by atoms with van der Waals surface area (Å²) in [5.41, 5.74) is 4.54. The SMILES string of the molecule is Cn1nnc(Br)c1C(NN)c1cccnc1. The first-order chi connectivity index (χ1) is 7.74. The third kappa shape index (κ3) is 1.97. The van der Waals surface area contributed by atoms with Crippen LogP contribution in [0.5, 0.6) is 0 Å². The van der Waals surface area contributed by atoms with Crippen molar-refractivity contribution < 1.29 is 0 Å². The van der Waals surface area contributed by atoms with Crippen LogP contribution in [0.2, 0.25) is 0 Å². The zero-order valence-corrected chi connectivity index (χ0v) is 10.2. The molecule has 2 aromatic heterocycles. The highest BCUT2D eigenvalue weighted by atomic mass is 79.9. The number of hydrazine groups is 1. The van der Waals surface area contributed by atoms with Gasteiger partial charge in [0.25, 0.3) is 0 Å². The quantitative estimate of drug-likeness (QED) is 0.634. The molecule has 7 heteroatoms. The molecule has 0 fully saturated rings. The van der Waals surface area contributed by atoms with E-state index in [1.54, 1.807) is 17.1 Å². The fraction of sp³-hybridized carbons (Fsp3) is 0.222. The van der Waals surface area contributed by atoms with Gasteiger partial charge in [-0.05, 0) is 27.6 Å². The van der Waals surface area contributed by atoms with Crippen LogP contribution in [0.3, 0.4) is 0 Å². The number of rotatable bonds is 3. The van der Waals surface area contributed by atoms with Gasteiger partial charge in [0, 0.05) is 19.4 Å². The second kappa shape index (κ2) is 4.69. The molecule has 2 aromatic rings. The normalized spacial score (nSPS) is 12.7.